The number of Topliss-reactive ketones (excluding diaryl/α,β-unsaturated/α-hetero) is 1. The van der Waals surface area contributed by atoms with Crippen molar-refractivity contribution in [1.82, 2.24) is 25.1 Å². The van der Waals surface area contributed by atoms with Gasteiger partial charge in [-0.1, -0.05) is 18.2 Å². The molecule has 0 radical (unpaired) electrons. The average Bonchev–Trinajstić information content (AvgIpc) is 3.60. The zero-order valence-corrected chi connectivity index (χ0v) is 21.9. The molecule has 7 nitrogen and oxygen atoms in total. The lowest BCUT2D eigenvalue weighted by molar-refractivity contribution is 0.102. The van der Waals surface area contributed by atoms with Gasteiger partial charge < -0.3 is 10.3 Å². The third-order valence-corrected chi connectivity index (χ3v) is 7.57. The van der Waals surface area contributed by atoms with E-state index in [2.05, 4.69) is 31.6 Å². The van der Waals surface area contributed by atoms with E-state index in [9.17, 15) is 4.79 Å². The molecule has 0 saturated carbocycles. The molecular weight excluding hydrogens is 499 g/mol. The van der Waals surface area contributed by atoms with Crippen LogP contribution in [0.4, 0.5) is 10.1 Å². The van der Waals surface area contributed by atoms with Crippen molar-refractivity contribution in [2.24, 2.45) is 0 Å². The predicted octanol–water partition coefficient (Wildman–Crippen LogP) is 6.78. The summed E-state index contributed by atoms with van der Waals surface area (Å²) >= 11 is 1.46. The van der Waals surface area contributed by atoms with Crippen molar-refractivity contribution in [3.8, 4) is 22.6 Å². The molecule has 0 atom stereocenters. The first-order valence-corrected chi connectivity index (χ1v) is 13.2. The summed E-state index contributed by atoms with van der Waals surface area (Å²) in [7, 11) is 0. The van der Waals surface area contributed by atoms with Crippen LogP contribution in [0.3, 0.4) is 0 Å². The molecule has 1 aliphatic rings. The highest BCUT2D eigenvalue weighted by atomic mass is 32.1. The third-order valence-electron chi connectivity index (χ3n) is 6.35. The minimum Gasteiger partial charge on any atom is -0.382 e. The van der Waals surface area contributed by atoms with E-state index in [1.54, 1.807) is 25.4 Å². The standard InChI is InChI=1S/C29H25FN6OS/c1-15(2)32-18-10-17(13-31-14-18)20-11-21-24(12-22(20)30)35-36-28(21)29-33-23-7-5-4-6-19(27(23)34-29)26-9-8-25(38-26)16(3)37/h4-6,8-15,32H,7H2,1-3H3,(H,33,34)(H,35,36). The number of hydrogen-bond acceptors (Lipinski definition) is 6. The highest BCUT2D eigenvalue weighted by Crippen LogP contribution is 2.36. The number of hydrogen-bond donors (Lipinski definition) is 3. The number of pyridine rings is 1. The Kier molecular flexibility index (Phi) is 6.00. The first-order chi connectivity index (χ1) is 18.4. The highest BCUT2D eigenvalue weighted by Gasteiger charge is 2.22. The van der Waals surface area contributed by atoms with Crippen LogP contribution in [-0.4, -0.2) is 37.0 Å². The number of anilines is 1. The number of benzene rings is 1. The van der Waals surface area contributed by atoms with Gasteiger partial charge in [-0.2, -0.15) is 5.10 Å². The Hall–Kier alpha value is -4.37. The molecule has 38 heavy (non-hydrogen) atoms. The Bertz CT molecular complexity index is 1760. The van der Waals surface area contributed by atoms with Crippen LogP contribution in [0.15, 0.2) is 61.0 Å². The summed E-state index contributed by atoms with van der Waals surface area (Å²) in [6.45, 7) is 5.65. The molecule has 0 aliphatic heterocycles. The molecule has 0 unspecified atom stereocenters. The van der Waals surface area contributed by atoms with E-state index in [-0.39, 0.29) is 17.6 Å². The van der Waals surface area contributed by atoms with Gasteiger partial charge >= 0.3 is 0 Å². The summed E-state index contributed by atoms with van der Waals surface area (Å²) in [6, 6.07) is 9.18. The number of nitrogens with zero attached hydrogens (tertiary/aromatic N) is 3. The lowest BCUT2D eigenvalue weighted by Gasteiger charge is -2.11. The summed E-state index contributed by atoms with van der Waals surface area (Å²) in [5, 5.41) is 11.5. The number of allylic oxidation sites excluding steroid dienone is 3. The topological polar surface area (TPSA) is 99.4 Å². The molecule has 0 fully saturated rings. The molecule has 190 valence electrons. The summed E-state index contributed by atoms with van der Waals surface area (Å²) < 4.78 is 15.2. The van der Waals surface area contributed by atoms with Gasteiger partial charge in [-0.3, -0.25) is 14.9 Å². The normalized spacial score (nSPS) is 13.0. The van der Waals surface area contributed by atoms with Crippen LogP contribution in [0.25, 0.3) is 39.1 Å². The molecular formula is C29H25FN6OS. The van der Waals surface area contributed by atoms with Crippen LogP contribution >= 0.6 is 11.3 Å². The maximum absolute atomic E-state index is 15.2. The highest BCUT2D eigenvalue weighted by molar-refractivity contribution is 7.15. The molecule has 0 spiro atoms. The van der Waals surface area contributed by atoms with Gasteiger partial charge in [-0.25, -0.2) is 9.37 Å². The zero-order chi connectivity index (χ0) is 26.4. The molecule has 4 aromatic heterocycles. The van der Waals surface area contributed by atoms with Gasteiger partial charge in [0.2, 0.25) is 0 Å². The summed E-state index contributed by atoms with van der Waals surface area (Å²) in [5.74, 6) is 0.276. The number of ketones is 1. The van der Waals surface area contributed by atoms with Gasteiger partial charge in [0.15, 0.2) is 11.6 Å². The Balaban J connectivity index is 1.43. The Morgan fingerprint density at radius 2 is 2.03 bits per heavy atom. The van der Waals surface area contributed by atoms with E-state index < -0.39 is 0 Å². The maximum Gasteiger partial charge on any atom is 0.169 e. The van der Waals surface area contributed by atoms with Crippen molar-refractivity contribution in [3.63, 3.8) is 0 Å². The van der Waals surface area contributed by atoms with Crippen molar-refractivity contribution >= 4 is 39.3 Å². The number of aromatic nitrogens is 5. The number of thiophene rings is 1. The van der Waals surface area contributed by atoms with Crippen molar-refractivity contribution < 1.29 is 9.18 Å². The van der Waals surface area contributed by atoms with Crippen molar-refractivity contribution in [2.75, 3.05) is 5.32 Å². The lowest BCUT2D eigenvalue weighted by Crippen LogP contribution is -2.09. The predicted molar refractivity (Wildman–Crippen MR) is 150 cm³/mol. The van der Waals surface area contributed by atoms with E-state index in [4.69, 9.17) is 4.98 Å². The fourth-order valence-corrected chi connectivity index (χ4v) is 5.56. The smallest absolute Gasteiger partial charge is 0.169 e. The number of fused-ring (bicyclic) bond motifs is 2. The molecule has 1 aromatic carbocycles. The molecule has 9 heteroatoms. The van der Waals surface area contributed by atoms with Crippen molar-refractivity contribution in [1.29, 1.82) is 0 Å². The zero-order valence-electron chi connectivity index (χ0n) is 21.1. The number of carbonyl (C=O) groups is 1. The average molecular weight is 525 g/mol. The van der Waals surface area contributed by atoms with Crippen LogP contribution < -0.4 is 5.32 Å². The monoisotopic (exact) mass is 524 g/mol. The van der Waals surface area contributed by atoms with Gasteiger partial charge in [0, 0.05) is 63.6 Å². The van der Waals surface area contributed by atoms with Gasteiger partial charge in [-0.05, 0) is 45.0 Å². The van der Waals surface area contributed by atoms with Gasteiger partial charge in [0.1, 0.15) is 11.5 Å². The minimum absolute atomic E-state index is 0.0423. The van der Waals surface area contributed by atoms with E-state index in [0.29, 0.717) is 39.5 Å². The Morgan fingerprint density at radius 1 is 1.16 bits per heavy atom. The SMILES string of the molecule is CC(=O)c1ccc(C2=CC=CCc3[nH]c(-c4n[nH]c5cc(F)c(-c6cncc(NC(C)C)c6)cc45)nc32)s1. The number of H-pyrrole nitrogens is 2. The fraction of sp³-hybridized carbons (Fsp3) is 0.172. The second-order valence-electron chi connectivity index (χ2n) is 9.56. The number of rotatable bonds is 6. The first kappa shape index (κ1) is 24.0. The van der Waals surface area contributed by atoms with Crippen LogP contribution in [-0.2, 0) is 6.42 Å². The summed E-state index contributed by atoms with van der Waals surface area (Å²) in [6.07, 6.45) is 10.2. The second-order valence-corrected chi connectivity index (χ2v) is 10.6. The van der Waals surface area contributed by atoms with Crippen molar-refractivity contribution in [2.45, 2.75) is 33.2 Å². The molecule has 1 aliphatic carbocycles. The van der Waals surface area contributed by atoms with Crippen LogP contribution in [0, 0.1) is 5.82 Å². The van der Waals surface area contributed by atoms with E-state index >= 15 is 4.39 Å². The number of carbonyl (C=O) groups excluding carboxylic acids is 1. The van der Waals surface area contributed by atoms with Crippen LogP contribution in [0.1, 0.15) is 46.7 Å². The van der Waals surface area contributed by atoms with Crippen LogP contribution in [0.5, 0.6) is 0 Å². The molecule has 5 aromatic rings. The number of nitrogens with one attached hydrogen (secondary N) is 3. The second kappa shape index (κ2) is 9.50. The largest absolute Gasteiger partial charge is 0.382 e. The molecule has 4 heterocycles. The van der Waals surface area contributed by atoms with E-state index in [1.165, 1.54) is 17.4 Å². The fourth-order valence-electron chi connectivity index (χ4n) is 4.63. The molecule has 6 rings (SSSR count). The Labute approximate surface area is 222 Å². The Morgan fingerprint density at radius 3 is 2.82 bits per heavy atom. The van der Waals surface area contributed by atoms with E-state index in [0.717, 1.165) is 32.9 Å². The third kappa shape index (κ3) is 4.35. The lowest BCUT2D eigenvalue weighted by atomic mass is 10.0. The maximum atomic E-state index is 15.2. The molecule has 0 amide bonds. The van der Waals surface area contributed by atoms with Crippen LogP contribution in [0.2, 0.25) is 0 Å². The summed E-state index contributed by atoms with van der Waals surface area (Å²) in [4.78, 5) is 26.2. The summed E-state index contributed by atoms with van der Waals surface area (Å²) in [5.41, 5.74) is 5.84. The van der Waals surface area contributed by atoms with E-state index in [1.807, 2.05) is 44.2 Å². The van der Waals surface area contributed by atoms with Crippen molar-refractivity contribution in [3.05, 3.63) is 87.9 Å². The van der Waals surface area contributed by atoms with Gasteiger partial charge in [0.05, 0.1) is 21.8 Å². The minimum atomic E-state index is -0.360. The number of imidazole rings is 1. The molecule has 0 saturated heterocycles. The van der Waals surface area contributed by atoms with Gasteiger partial charge in [-0.15, -0.1) is 11.3 Å². The molecule has 3 N–H and O–H groups in total. The first-order valence-electron chi connectivity index (χ1n) is 12.3. The number of halogens is 1. The molecule has 0 bridgehead atoms. The van der Waals surface area contributed by atoms with Gasteiger partial charge in [0.25, 0.3) is 0 Å². The number of aromatic amines is 2. The quantitative estimate of drug-likeness (QED) is 0.213.